The van der Waals surface area contributed by atoms with Crippen LogP contribution in [0.15, 0.2) is 96.5 Å². The Balaban J connectivity index is 1.39. The second kappa shape index (κ2) is 13.5. The Labute approximate surface area is 243 Å². The summed E-state index contributed by atoms with van der Waals surface area (Å²) in [4.78, 5) is 43.6. The van der Waals surface area contributed by atoms with E-state index in [0.29, 0.717) is 24.2 Å². The van der Waals surface area contributed by atoms with E-state index in [1.807, 2.05) is 47.8 Å². The average Bonchev–Trinajstić information content (AvgIpc) is 3.50. The van der Waals surface area contributed by atoms with Gasteiger partial charge in [0.05, 0.1) is 5.69 Å². The largest absolute Gasteiger partial charge is 0.442 e. The van der Waals surface area contributed by atoms with Gasteiger partial charge in [-0.3, -0.25) is 20.0 Å². The van der Waals surface area contributed by atoms with Crippen LogP contribution in [0.4, 0.5) is 10.5 Å². The molecule has 0 radical (unpaired) electrons. The van der Waals surface area contributed by atoms with Gasteiger partial charge in [-0.05, 0) is 85.8 Å². The number of pyridine rings is 1. The smallest absolute Gasteiger partial charge is 0.434 e. The molecule has 0 aliphatic carbocycles. The summed E-state index contributed by atoms with van der Waals surface area (Å²) in [6.45, 7) is 5.76. The van der Waals surface area contributed by atoms with Gasteiger partial charge in [-0.25, -0.2) is 4.79 Å². The topological polar surface area (TPSA) is 101 Å². The minimum atomic E-state index is -0.754. The van der Waals surface area contributed by atoms with E-state index in [4.69, 9.17) is 4.74 Å². The van der Waals surface area contributed by atoms with Gasteiger partial charge >= 0.3 is 6.09 Å². The molecule has 0 unspecified atom stereocenters. The quantitative estimate of drug-likeness (QED) is 0.193. The van der Waals surface area contributed by atoms with Crippen LogP contribution in [0.2, 0.25) is 0 Å². The first kappa shape index (κ1) is 29.2. The fraction of sp³-hybridized carbons (Fsp3) is 0.188. The number of aromatic nitrogens is 1. The van der Waals surface area contributed by atoms with Crippen molar-refractivity contribution in [1.82, 2.24) is 15.7 Å². The molecule has 8 nitrogen and oxygen atoms in total. The van der Waals surface area contributed by atoms with Crippen molar-refractivity contribution in [2.75, 3.05) is 11.6 Å². The lowest BCUT2D eigenvalue weighted by atomic mass is 10.1. The summed E-state index contributed by atoms with van der Waals surface area (Å²) in [5, 5.41) is 5.93. The molecular formula is C32H32N4O4S. The van der Waals surface area contributed by atoms with Crippen molar-refractivity contribution in [2.24, 2.45) is 0 Å². The Morgan fingerprint density at radius 1 is 0.951 bits per heavy atom. The maximum Gasteiger partial charge on any atom is 0.434 e. The molecule has 0 saturated heterocycles. The van der Waals surface area contributed by atoms with Crippen molar-refractivity contribution < 1.29 is 19.1 Å². The van der Waals surface area contributed by atoms with Crippen molar-refractivity contribution in [3.8, 4) is 10.4 Å². The van der Waals surface area contributed by atoms with Gasteiger partial charge in [-0.15, -0.1) is 11.3 Å². The highest BCUT2D eigenvalue weighted by Gasteiger charge is 2.25. The first-order valence-electron chi connectivity index (χ1n) is 13.1. The van der Waals surface area contributed by atoms with Gasteiger partial charge in [0.1, 0.15) is 5.60 Å². The number of hydrazine groups is 1. The van der Waals surface area contributed by atoms with Crippen LogP contribution in [0.3, 0.4) is 0 Å². The third-order valence-corrected chi connectivity index (χ3v) is 6.65. The summed E-state index contributed by atoms with van der Waals surface area (Å²) in [5.74, 6) is -0.707. The minimum Gasteiger partial charge on any atom is -0.442 e. The number of anilines is 1. The van der Waals surface area contributed by atoms with E-state index in [9.17, 15) is 14.4 Å². The highest BCUT2D eigenvalue weighted by atomic mass is 32.1. The Morgan fingerprint density at radius 3 is 2.34 bits per heavy atom. The molecule has 3 amide bonds. The summed E-state index contributed by atoms with van der Waals surface area (Å²) >= 11 is 1.62. The van der Waals surface area contributed by atoms with E-state index in [-0.39, 0.29) is 5.91 Å². The van der Waals surface area contributed by atoms with Crippen molar-refractivity contribution in [2.45, 2.75) is 32.8 Å². The highest BCUT2D eigenvalue weighted by molar-refractivity contribution is 7.13. The molecule has 0 aliphatic rings. The summed E-state index contributed by atoms with van der Waals surface area (Å²) in [6, 6.07) is 23.7. The maximum absolute atomic E-state index is 13.1. The van der Waals surface area contributed by atoms with Gasteiger partial charge in [0.2, 0.25) is 5.91 Å². The molecule has 210 valence electrons. The number of hydrogen-bond acceptors (Lipinski definition) is 6. The molecule has 2 aromatic heterocycles. The number of thiophene rings is 1. The van der Waals surface area contributed by atoms with E-state index in [1.54, 1.807) is 80.8 Å². The van der Waals surface area contributed by atoms with E-state index in [1.165, 1.54) is 6.08 Å². The molecule has 0 atom stereocenters. The Morgan fingerprint density at radius 2 is 1.71 bits per heavy atom. The van der Waals surface area contributed by atoms with Crippen LogP contribution < -0.4 is 15.8 Å². The van der Waals surface area contributed by atoms with Gasteiger partial charge in [0, 0.05) is 41.4 Å². The fourth-order valence-electron chi connectivity index (χ4n) is 3.74. The highest BCUT2D eigenvalue weighted by Crippen LogP contribution is 2.27. The van der Waals surface area contributed by atoms with E-state index < -0.39 is 17.6 Å². The first-order chi connectivity index (χ1) is 19.7. The number of amides is 3. The normalized spacial score (nSPS) is 11.2. The molecule has 2 aromatic carbocycles. The average molecular weight is 569 g/mol. The Hall–Kier alpha value is -4.76. The van der Waals surface area contributed by atoms with Crippen molar-refractivity contribution in [3.63, 3.8) is 0 Å². The second-order valence-electron chi connectivity index (χ2n) is 10.1. The third-order valence-electron chi connectivity index (χ3n) is 5.73. The molecule has 41 heavy (non-hydrogen) atoms. The van der Waals surface area contributed by atoms with E-state index >= 15 is 0 Å². The van der Waals surface area contributed by atoms with Gasteiger partial charge in [-0.1, -0.05) is 36.4 Å². The van der Waals surface area contributed by atoms with Gasteiger partial charge in [-0.2, -0.15) is 5.01 Å². The SMILES string of the molecule is CC(C)(C)OC(=O)N(NC(=O)c1ccc(C=CC(=O)NCCc2ccccn2)cc1)c1ccc(-c2cccs2)cc1. The van der Waals surface area contributed by atoms with E-state index in [2.05, 4.69) is 15.7 Å². The molecular weight excluding hydrogens is 536 g/mol. The van der Waals surface area contributed by atoms with Gasteiger partial charge in [0.15, 0.2) is 0 Å². The Bertz CT molecular complexity index is 1480. The van der Waals surface area contributed by atoms with Crippen molar-refractivity contribution in [1.29, 1.82) is 0 Å². The van der Waals surface area contributed by atoms with Crippen molar-refractivity contribution in [3.05, 3.63) is 113 Å². The number of carbonyl (C=O) groups is 3. The van der Waals surface area contributed by atoms with Crippen LogP contribution in [-0.2, 0) is 16.0 Å². The van der Waals surface area contributed by atoms with Gasteiger partial charge in [0.25, 0.3) is 5.91 Å². The summed E-state index contributed by atoms with van der Waals surface area (Å²) in [6.07, 6.45) is 4.77. The monoisotopic (exact) mass is 568 g/mol. The molecule has 0 spiro atoms. The Kier molecular flexibility index (Phi) is 9.65. The maximum atomic E-state index is 13.1. The van der Waals surface area contributed by atoms with Crippen LogP contribution in [0, 0.1) is 0 Å². The van der Waals surface area contributed by atoms with Crippen LogP contribution >= 0.6 is 11.3 Å². The molecule has 4 rings (SSSR count). The zero-order valence-corrected chi connectivity index (χ0v) is 24.0. The van der Waals surface area contributed by atoms with Crippen LogP contribution in [-0.4, -0.2) is 35.0 Å². The number of nitrogens with one attached hydrogen (secondary N) is 2. The molecule has 9 heteroatoms. The molecule has 4 aromatic rings. The zero-order valence-electron chi connectivity index (χ0n) is 23.2. The first-order valence-corrected chi connectivity index (χ1v) is 14.0. The standard InChI is InChI=1S/C32H32N4O4S/c1-32(2,3)40-31(39)36(27-16-14-24(15-17-27)28-8-6-22-41-28)35-30(38)25-12-9-23(10-13-25)11-18-29(37)34-21-19-26-7-4-5-20-33-26/h4-18,20,22H,19,21H2,1-3H3,(H,34,37)(H,35,38). The minimum absolute atomic E-state index is 0.221. The molecule has 0 fully saturated rings. The molecule has 0 bridgehead atoms. The summed E-state index contributed by atoms with van der Waals surface area (Å²) in [5.41, 5.74) is 5.37. The number of hydrogen-bond donors (Lipinski definition) is 2. The predicted molar refractivity (Wildman–Crippen MR) is 162 cm³/mol. The number of carbonyl (C=O) groups excluding carboxylic acids is 3. The number of nitrogens with zero attached hydrogens (tertiary/aromatic N) is 2. The fourth-order valence-corrected chi connectivity index (χ4v) is 4.48. The lowest BCUT2D eigenvalue weighted by molar-refractivity contribution is -0.116. The van der Waals surface area contributed by atoms with Crippen LogP contribution in [0.5, 0.6) is 0 Å². The predicted octanol–water partition coefficient (Wildman–Crippen LogP) is 6.27. The summed E-state index contributed by atoms with van der Waals surface area (Å²) in [7, 11) is 0. The van der Waals surface area contributed by atoms with Crippen LogP contribution in [0.25, 0.3) is 16.5 Å². The van der Waals surface area contributed by atoms with Gasteiger partial charge < -0.3 is 10.1 Å². The molecule has 2 N–H and O–H groups in total. The summed E-state index contributed by atoms with van der Waals surface area (Å²) < 4.78 is 5.54. The molecule has 0 aliphatic heterocycles. The lowest BCUT2D eigenvalue weighted by Crippen LogP contribution is -2.48. The molecule has 2 heterocycles. The lowest BCUT2D eigenvalue weighted by Gasteiger charge is -2.27. The molecule has 0 saturated carbocycles. The second-order valence-corrected chi connectivity index (χ2v) is 11.0. The third kappa shape index (κ3) is 8.87. The van der Waals surface area contributed by atoms with Crippen molar-refractivity contribution >= 4 is 41.0 Å². The van der Waals surface area contributed by atoms with E-state index in [0.717, 1.165) is 26.7 Å². The van der Waals surface area contributed by atoms with Crippen LogP contribution in [0.1, 0.15) is 42.4 Å². The zero-order chi connectivity index (χ0) is 29.2. The number of benzene rings is 2. The number of ether oxygens (including phenoxy) is 1. The number of rotatable bonds is 8.